The summed E-state index contributed by atoms with van der Waals surface area (Å²) in [6.45, 7) is 6.46. The van der Waals surface area contributed by atoms with E-state index in [1.54, 1.807) is 18.2 Å². The van der Waals surface area contributed by atoms with Gasteiger partial charge in [-0.3, -0.25) is 14.4 Å². The summed E-state index contributed by atoms with van der Waals surface area (Å²) >= 11 is 0. The summed E-state index contributed by atoms with van der Waals surface area (Å²) in [5.74, 6) is -2.21. The lowest BCUT2D eigenvalue weighted by Gasteiger charge is -2.29. The standard InChI is InChI=1S/C16H21N3O3/c1-16(2,3)10-8-18-14(21)12(10)15(22)19-11-7-5-4-6-9(11)13(17)20/h4-7,10,12H,8H2,1-3H3,(H2,17,20)(H,18,21)(H,19,22)/t10-,12+/m1/s1. The fourth-order valence-electron chi connectivity index (χ4n) is 2.75. The number of nitrogens with one attached hydrogen (secondary N) is 2. The van der Waals surface area contributed by atoms with Crippen LogP contribution >= 0.6 is 0 Å². The SMILES string of the molecule is CC(C)(C)[C@@H]1CNC(=O)[C@H]1C(=O)Nc1ccccc1C(N)=O. The third kappa shape index (κ3) is 3.10. The number of anilines is 1. The van der Waals surface area contributed by atoms with E-state index in [0.717, 1.165) is 0 Å². The number of nitrogens with two attached hydrogens (primary N) is 1. The van der Waals surface area contributed by atoms with Crippen molar-refractivity contribution in [2.24, 2.45) is 23.0 Å². The highest BCUT2D eigenvalue weighted by Crippen LogP contribution is 2.35. The number of amides is 3. The summed E-state index contributed by atoms with van der Waals surface area (Å²) in [6, 6.07) is 6.48. The minimum Gasteiger partial charge on any atom is -0.366 e. The Morgan fingerprint density at radius 1 is 1.27 bits per heavy atom. The van der Waals surface area contributed by atoms with E-state index in [0.29, 0.717) is 12.2 Å². The molecular weight excluding hydrogens is 282 g/mol. The second-order valence-corrected chi connectivity index (χ2v) is 6.59. The van der Waals surface area contributed by atoms with Gasteiger partial charge in [-0.2, -0.15) is 0 Å². The van der Waals surface area contributed by atoms with Gasteiger partial charge in [0.25, 0.3) is 5.91 Å². The van der Waals surface area contributed by atoms with Gasteiger partial charge in [-0.1, -0.05) is 32.9 Å². The molecule has 118 valence electrons. The molecule has 22 heavy (non-hydrogen) atoms. The number of rotatable bonds is 3. The topological polar surface area (TPSA) is 101 Å². The van der Waals surface area contributed by atoms with Crippen molar-refractivity contribution in [2.45, 2.75) is 20.8 Å². The number of hydrogen-bond donors (Lipinski definition) is 3. The van der Waals surface area contributed by atoms with E-state index in [9.17, 15) is 14.4 Å². The van der Waals surface area contributed by atoms with Crippen LogP contribution in [0.15, 0.2) is 24.3 Å². The quantitative estimate of drug-likeness (QED) is 0.730. The van der Waals surface area contributed by atoms with Crippen molar-refractivity contribution in [1.29, 1.82) is 0 Å². The van der Waals surface area contributed by atoms with E-state index in [-0.39, 0.29) is 22.8 Å². The summed E-state index contributed by atoms with van der Waals surface area (Å²) in [6.07, 6.45) is 0. The van der Waals surface area contributed by atoms with Crippen molar-refractivity contribution in [3.63, 3.8) is 0 Å². The zero-order valence-corrected chi connectivity index (χ0v) is 13.0. The Balaban J connectivity index is 2.25. The van der Waals surface area contributed by atoms with Crippen molar-refractivity contribution >= 4 is 23.4 Å². The van der Waals surface area contributed by atoms with Gasteiger partial charge in [-0.05, 0) is 17.5 Å². The predicted octanol–water partition coefficient (Wildman–Crippen LogP) is 1.13. The Morgan fingerprint density at radius 2 is 1.91 bits per heavy atom. The van der Waals surface area contributed by atoms with Gasteiger partial charge in [-0.15, -0.1) is 0 Å². The molecule has 1 saturated heterocycles. The van der Waals surface area contributed by atoms with Crippen LogP contribution in [0.5, 0.6) is 0 Å². The van der Waals surface area contributed by atoms with Gasteiger partial charge >= 0.3 is 0 Å². The molecule has 0 bridgehead atoms. The van der Waals surface area contributed by atoms with Gasteiger partial charge in [0.1, 0.15) is 5.92 Å². The van der Waals surface area contributed by atoms with E-state index in [2.05, 4.69) is 10.6 Å². The van der Waals surface area contributed by atoms with Crippen LogP contribution in [0, 0.1) is 17.3 Å². The molecule has 0 aromatic heterocycles. The first-order chi connectivity index (χ1) is 10.2. The van der Waals surface area contributed by atoms with Crippen LogP contribution in [0.25, 0.3) is 0 Å². The van der Waals surface area contributed by atoms with Crippen molar-refractivity contribution in [3.05, 3.63) is 29.8 Å². The first kappa shape index (κ1) is 16.0. The minimum atomic E-state index is -0.777. The van der Waals surface area contributed by atoms with Gasteiger partial charge < -0.3 is 16.4 Å². The molecule has 2 rings (SSSR count). The second-order valence-electron chi connectivity index (χ2n) is 6.59. The summed E-state index contributed by atoms with van der Waals surface area (Å²) in [4.78, 5) is 36.0. The average molecular weight is 303 g/mol. The molecule has 0 spiro atoms. The second kappa shape index (κ2) is 5.79. The lowest BCUT2D eigenvalue weighted by molar-refractivity contribution is -0.132. The molecule has 0 aliphatic carbocycles. The number of primary amides is 1. The van der Waals surface area contributed by atoms with Crippen molar-refractivity contribution in [3.8, 4) is 0 Å². The lowest BCUT2D eigenvalue weighted by atomic mass is 9.74. The predicted molar refractivity (Wildman–Crippen MR) is 83.0 cm³/mol. The highest BCUT2D eigenvalue weighted by Gasteiger charge is 2.45. The molecule has 0 unspecified atom stereocenters. The molecule has 1 aliphatic heterocycles. The van der Waals surface area contributed by atoms with Gasteiger partial charge in [0.2, 0.25) is 11.8 Å². The number of para-hydroxylation sites is 1. The van der Waals surface area contributed by atoms with E-state index in [4.69, 9.17) is 5.73 Å². The summed E-state index contributed by atoms with van der Waals surface area (Å²) < 4.78 is 0. The Morgan fingerprint density at radius 3 is 2.50 bits per heavy atom. The first-order valence-electron chi connectivity index (χ1n) is 7.19. The fourth-order valence-corrected chi connectivity index (χ4v) is 2.75. The van der Waals surface area contributed by atoms with Crippen LogP contribution in [-0.2, 0) is 9.59 Å². The van der Waals surface area contributed by atoms with Crippen LogP contribution in [0.2, 0.25) is 0 Å². The molecule has 3 amide bonds. The Labute approximate surface area is 129 Å². The number of carbonyl (C=O) groups excluding carboxylic acids is 3. The maximum absolute atomic E-state index is 12.5. The smallest absolute Gasteiger partial charge is 0.250 e. The monoisotopic (exact) mass is 303 g/mol. The third-order valence-corrected chi connectivity index (χ3v) is 4.03. The molecule has 2 atom stereocenters. The lowest BCUT2D eigenvalue weighted by Crippen LogP contribution is -2.37. The van der Waals surface area contributed by atoms with Crippen molar-refractivity contribution < 1.29 is 14.4 Å². The van der Waals surface area contributed by atoms with Crippen molar-refractivity contribution in [2.75, 3.05) is 11.9 Å². The average Bonchev–Trinajstić information content (AvgIpc) is 2.81. The molecule has 0 radical (unpaired) electrons. The molecule has 1 heterocycles. The van der Waals surface area contributed by atoms with E-state index in [1.807, 2.05) is 20.8 Å². The van der Waals surface area contributed by atoms with E-state index in [1.165, 1.54) is 6.07 Å². The molecule has 0 saturated carbocycles. The minimum absolute atomic E-state index is 0.110. The Bertz CT molecular complexity index is 619. The molecule has 6 nitrogen and oxygen atoms in total. The molecule has 4 N–H and O–H groups in total. The zero-order chi connectivity index (χ0) is 16.5. The molecule has 1 aliphatic rings. The highest BCUT2D eigenvalue weighted by atomic mass is 16.2. The Kier molecular flexibility index (Phi) is 4.21. The van der Waals surface area contributed by atoms with Crippen LogP contribution < -0.4 is 16.4 Å². The third-order valence-electron chi connectivity index (χ3n) is 4.03. The van der Waals surface area contributed by atoms with E-state index < -0.39 is 17.7 Å². The first-order valence-corrected chi connectivity index (χ1v) is 7.19. The maximum atomic E-state index is 12.5. The van der Waals surface area contributed by atoms with E-state index >= 15 is 0 Å². The van der Waals surface area contributed by atoms with Crippen LogP contribution in [0.1, 0.15) is 31.1 Å². The zero-order valence-electron chi connectivity index (χ0n) is 13.0. The normalized spacial score (nSPS) is 21.3. The van der Waals surface area contributed by atoms with Crippen molar-refractivity contribution in [1.82, 2.24) is 5.32 Å². The summed E-state index contributed by atoms with van der Waals surface area (Å²) in [5, 5.41) is 5.40. The maximum Gasteiger partial charge on any atom is 0.250 e. The van der Waals surface area contributed by atoms with Gasteiger partial charge in [-0.25, -0.2) is 0 Å². The molecular formula is C16H21N3O3. The summed E-state index contributed by atoms with van der Waals surface area (Å²) in [5.41, 5.74) is 5.66. The Hall–Kier alpha value is -2.37. The number of benzene rings is 1. The molecule has 6 heteroatoms. The number of hydrogen-bond acceptors (Lipinski definition) is 3. The van der Waals surface area contributed by atoms with Gasteiger partial charge in [0.15, 0.2) is 0 Å². The fraction of sp³-hybridized carbons (Fsp3) is 0.438. The van der Waals surface area contributed by atoms with Gasteiger partial charge in [0, 0.05) is 12.5 Å². The van der Waals surface area contributed by atoms with Gasteiger partial charge in [0.05, 0.1) is 11.3 Å². The highest BCUT2D eigenvalue weighted by molar-refractivity contribution is 6.10. The van der Waals surface area contributed by atoms with Crippen LogP contribution in [0.3, 0.4) is 0 Å². The van der Waals surface area contributed by atoms with Crippen LogP contribution in [0.4, 0.5) is 5.69 Å². The summed E-state index contributed by atoms with van der Waals surface area (Å²) in [7, 11) is 0. The largest absolute Gasteiger partial charge is 0.366 e. The molecule has 1 fully saturated rings. The molecule has 1 aromatic carbocycles. The van der Waals surface area contributed by atoms with Crippen LogP contribution in [-0.4, -0.2) is 24.3 Å². The molecule has 1 aromatic rings. The number of carbonyl (C=O) groups is 3.